The van der Waals surface area contributed by atoms with E-state index in [2.05, 4.69) is 10.3 Å². The van der Waals surface area contributed by atoms with Crippen molar-refractivity contribution in [2.75, 3.05) is 0 Å². The molecule has 0 atom stereocenters. The fourth-order valence-corrected chi connectivity index (χ4v) is 0.518. The van der Waals surface area contributed by atoms with Crippen molar-refractivity contribution in [2.45, 2.75) is 0 Å². The van der Waals surface area contributed by atoms with E-state index in [-0.39, 0.29) is 0 Å². The van der Waals surface area contributed by atoms with Crippen LogP contribution in [0.5, 0.6) is 0 Å². The topological polar surface area (TPSA) is 48.2 Å². The lowest BCUT2D eigenvalue weighted by atomic mass is 10.4. The Morgan fingerprint density at radius 3 is 3.11 bits per heavy atom. The molecule has 1 aliphatic heterocycles. The number of allylic oxidation sites excluding steroid dienone is 2. The largest absolute Gasteiger partial charge is 0.359 e. The summed E-state index contributed by atoms with van der Waals surface area (Å²) in [6.45, 7) is 0. The quantitative estimate of drug-likeness (QED) is 0.492. The third-order valence-corrected chi connectivity index (χ3v) is 0.887. The summed E-state index contributed by atoms with van der Waals surface area (Å²) in [6.07, 6.45) is 7.88. The average molecular weight is 121 g/mol. The number of nitrogens with zero attached hydrogens (tertiary/aromatic N) is 1. The van der Waals surface area contributed by atoms with Gasteiger partial charge in [-0.25, -0.2) is 0 Å². The van der Waals surface area contributed by atoms with E-state index in [4.69, 9.17) is 5.41 Å². The molecule has 0 saturated carbocycles. The van der Waals surface area contributed by atoms with Gasteiger partial charge in [-0.15, -0.1) is 0 Å². The van der Waals surface area contributed by atoms with Crippen molar-refractivity contribution in [1.82, 2.24) is 5.32 Å². The van der Waals surface area contributed by atoms with Gasteiger partial charge in [0, 0.05) is 18.6 Å². The van der Waals surface area contributed by atoms with Gasteiger partial charge in [0.25, 0.3) is 0 Å². The third-order valence-electron chi connectivity index (χ3n) is 0.887. The molecular formula is C6H7N3. The van der Waals surface area contributed by atoms with Crippen molar-refractivity contribution in [2.24, 2.45) is 4.99 Å². The highest BCUT2D eigenvalue weighted by Crippen LogP contribution is 1.89. The number of hydrogen-bond donors (Lipinski definition) is 2. The van der Waals surface area contributed by atoms with E-state index in [9.17, 15) is 0 Å². The molecule has 0 saturated heterocycles. The lowest BCUT2D eigenvalue weighted by Gasteiger charge is -2.00. The number of hydrogen-bond acceptors (Lipinski definition) is 3. The second-order valence-corrected chi connectivity index (χ2v) is 1.53. The van der Waals surface area contributed by atoms with Crippen LogP contribution in [0.25, 0.3) is 0 Å². The van der Waals surface area contributed by atoms with Gasteiger partial charge in [0.2, 0.25) is 0 Å². The Bertz CT molecular complexity index is 188. The second kappa shape index (κ2) is 2.81. The molecule has 9 heavy (non-hydrogen) atoms. The summed E-state index contributed by atoms with van der Waals surface area (Å²) >= 11 is 0. The minimum atomic E-state index is 0.840. The number of rotatable bonds is 1. The molecule has 0 unspecified atom stereocenters. The van der Waals surface area contributed by atoms with Crippen LogP contribution in [0.15, 0.2) is 29.2 Å². The summed E-state index contributed by atoms with van der Waals surface area (Å²) in [5.74, 6) is 0. The molecule has 0 aromatic heterocycles. The zero-order valence-electron chi connectivity index (χ0n) is 4.83. The van der Waals surface area contributed by atoms with Crippen LogP contribution in [0.1, 0.15) is 0 Å². The zero-order chi connectivity index (χ0) is 6.53. The lowest BCUT2D eigenvalue weighted by molar-refractivity contribution is 1.12. The van der Waals surface area contributed by atoms with Crippen LogP contribution in [0.4, 0.5) is 0 Å². The maximum Gasteiger partial charge on any atom is 0.0581 e. The molecule has 3 heteroatoms. The summed E-state index contributed by atoms with van der Waals surface area (Å²) < 4.78 is 0. The molecule has 0 fully saturated rings. The molecule has 0 aliphatic carbocycles. The Kier molecular flexibility index (Phi) is 1.80. The van der Waals surface area contributed by atoms with Gasteiger partial charge in [-0.2, -0.15) is 0 Å². The van der Waals surface area contributed by atoms with Gasteiger partial charge in [0.05, 0.1) is 11.9 Å². The molecule has 0 aromatic rings. The highest BCUT2D eigenvalue weighted by atomic mass is 14.9. The van der Waals surface area contributed by atoms with Crippen molar-refractivity contribution >= 4 is 12.4 Å². The lowest BCUT2D eigenvalue weighted by Crippen LogP contribution is -2.08. The third kappa shape index (κ3) is 1.53. The van der Waals surface area contributed by atoms with Gasteiger partial charge in [0.1, 0.15) is 0 Å². The van der Waals surface area contributed by atoms with Gasteiger partial charge >= 0.3 is 0 Å². The van der Waals surface area contributed by atoms with Gasteiger partial charge in [-0.05, 0) is 6.08 Å². The van der Waals surface area contributed by atoms with E-state index in [0.717, 1.165) is 5.70 Å². The Morgan fingerprint density at radius 2 is 2.56 bits per heavy atom. The Hall–Kier alpha value is -1.38. The molecule has 0 bridgehead atoms. The van der Waals surface area contributed by atoms with Crippen molar-refractivity contribution < 1.29 is 0 Å². The smallest absolute Gasteiger partial charge is 0.0581 e. The summed E-state index contributed by atoms with van der Waals surface area (Å²) in [5.41, 5.74) is 0.840. The van der Waals surface area contributed by atoms with Crippen LogP contribution in [0.2, 0.25) is 0 Å². The van der Waals surface area contributed by atoms with Crippen molar-refractivity contribution in [1.29, 1.82) is 5.41 Å². The normalized spacial score (nSPS) is 19.8. The Morgan fingerprint density at radius 1 is 1.67 bits per heavy atom. The first-order valence-electron chi connectivity index (χ1n) is 2.59. The monoisotopic (exact) mass is 121 g/mol. The van der Waals surface area contributed by atoms with Crippen molar-refractivity contribution in [3.05, 3.63) is 24.2 Å². The van der Waals surface area contributed by atoms with Crippen molar-refractivity contribution in [3.63, 3.8) is 0 Å². The number of nitrogens with one attached hydrogen (secondary N) is 2. The second-order valence-electron chi connectivity index (χ2n) is 1.53. The molecular weight excluding hydrogens is 114 g/mol. The van der Waals surface area contributed by atoms with Crippen LogP contribution in [-0.4, -0.2) is 12.4 Å². The van der Waals surface area contributed by atoms with E-state index in [1.807, 2.05) is 0 Å². The van der Waals surface area contributed by atoms with E-state index in [0.29, 0.717) is 0 Å². The van der Waals surface area contributed by atoms with Crippen LogP contribution < -0.4 is 5.32 Å². The molecule has 0 aromatic carbocycles. The summed E-state index contributed by atoms with van der Waals surface area (Å²) in [6, 6.07) is 0. The van der Waals surface area contributed by atoms with E-state index in [1.165, 1.54) is 6.21 Å². The minimum Gasteiger partial charge on any atom is -0.359 e. The highest BCUT2D eigenvalue weighted by Gasteiger charge is 1.88. The molecule has 0 amide bonds. The zero-order valence-corrected chi connectivity index (χ0v) is 4.83. The van der Waals surface area contributed by atoms with E-state index < -0.39 is 0 Å². The Balaban J connectivity index is 2.65. The predicted molar refractivity (Wildman–Crippen MR) is 37.6 cm³/mol. The highest BCUT2D eigenvalue weighted by molar-refractivity contribution is 5.86. The maximum absolute atomic E-state index is 6.71. The van der Waals surface area contributed by atoms with Gasteiger partial charge in [0.15, 0.2) is 0 Å². The molecule has 0 spiro atoms. The number of aliphatic imine (C=N–C) groups is 1. The SMILES string of the molecule is N=C/C=C1/C=NC=CN1. The van der Waals surface area contributed by atoms with E-state index in [1.54, 1.807) is 24.7 Å². The van der Waals surface area contributed by atoms with Gasteiger partial charge in [-0.1, -0.05) is 0 Å². The van der Waals surface area contributed by atoms with Crippen LogP contribution in [0.3, 0.4) is 0 Å². The van der Waals surface area contributed by atoms with Gasteiger partial charge in [-0.3, -0.25) is 4.99 Å². The molecule has 1 heterocycles. The van der Waals surface area contributed by atoms with E-state index >= 15 is 0 Å². The first kappa shape index (κ1) is 5.75. The molecule has 0 radical (unpaired) electrons. The maximum atomic E-state index is 6.71. The summed E-state index contributed by atoms with van der Waals surface area (Å²) in [5, 5.41) is 9.61. The molecule has 1 rings (SSSR count). The van der Waals surface area contributed by atoms with Gasteiger partial charge < -0.3 is 10.7 Å². The Labute approximate surface area is 53.3 Å². The first-order valence-corrected chi connectivity index (χ1v) is 2.59. The summed E-state index contributed by atoms with van der Waals surface area (Å²) in [4.78, 5) is 3.84. The fourth-order valence-electron chi connectivity index (χ4n) is 0.518. The predicted octanol–water partition coefficient (Wildman–Crippen LogP) is 0.665. The fraction of sp³-hybridized carbons (Fsp3) is 0. The van der Waals surface area contributed by atoms with Crippen LogP contribution in [0, 0.1) is 5.41 Å². The molecule has 1 aliphatic rings. The van der Waals surface area contributed by atoms with Crippen LogP contribution >= 0.6 is 0 Å². The van der Waals surface area contributed by atoms with Crippen LogP contribution in [-0.2, 0) is 0 Å². The molecule has 3 nitrogen and oxygen atoms in total. The van der Waals surface area contributed by atoms with Crippen molar-refractivity contribution in [3.8, 4) is 0 Å². The average Bonchev–Trinajstić information content (AvgIpc) is 1.91. The molecule has 2 N–H and O–H groups in total. The molecule has 46 valence electrons. The minimum absolute atomic E-state index is 0.840. The standard InChI is InChI=1S/C6H7N3/c7-2-1-6-5-8-3-4-9-6/h1-5,7,9H/b6-1-,7-2?. The first-order chi connectivity index (χ1) is 4.43. The summed E-state index contributed by atoms with van der Waals surface area (Å²) in [7, 11) is 0.